The zero-order chi connectivity index (χ0) is 16.4. The van der Waals surface area contributed by atoms with Gasteiger partial charge in [-0.25, -0.2) is 8.78 Å². The number of halogens is 2. The zero-order valence-electron chi connectivity index (χ0n) is 13.0. The summed E-state index contributed by atoms with van der Waals surface area (Å²) in [6, 6.07) is 1.98. The first-order chi connectivity index (χ1) is 9.39. The second kappa shape index (κ2) is 6.13. The number of nitrogens with one attached hydrogen (secondary N) is 2. The molecule has 0 aliphatic heterocycles. The minimum atomic E-state index is -1.03. The maximum Gasteiger partial charge on any atom is 0.187 e. The van der Waals surface area contributed by atoms with Crippen LogP contribution in [-0.4, -0.2) is 15.8 Å². The molecule has 3 nitrogen and oxygen atoms in total. The molecule has 0 bridgehead atoms. The van der Waals surface area contributed by atoms with Gasteiger partial charge in [0, 0.05) is 23.4 Å². The topological polar surface area (TPSA) is 44.3 Å². The largest absolute Gasteiger partial charge is 0.503 e. The molecule has 0 saturated carbocycles. The van der Waals surface area contributed by atoms with Gasteiger partial charge < -0.3 is 15.7 Å². The van der Waals surface area contributed by atoms with Crippen LogP contribution in [0, 0.1) is 17.0 Å². The number of thiocarbonyl (C=S) groups is 1. The molecule has 0 aliphatic carbocycles. The molecule has 0 fully saturated rings. The zero-order valence-corrected chi connectivity index (χ0v) is 13.8. The number of anilines is 1. The standard InChI is InChI=1S/C15H22F2N2OS/c1-14(2,3)8-15(4,5)19-13(21)18-9-6-10(16)12(20)11(17)7-9/h6-7,20H,8H2,1-5H3,(H2,18,19,21). The average molecular weight is 316 g/mol. The van der Waals surface area contributed by atoms with Gasteiger partial charge >= 0.3 is 0 Å². The van der Waals surface area contributed by atoms with E-state index in [1.54, 1.807) is 0 Å². The smallest absolute Gasteiger partial charge is 0.187 e. The SMILES string of the molecule is CC(C)(C)CC(C)(C)NC(=S)Nc1cc(F)c(O)c(F)c1. The van der Waals surface area contributed by atoms with E-state index in [2.05, 4.69) is 31.4 Å². The Labute approximate surface area is 129 Å². The van der Waals surface area contributed by atoms with E-state index in [1.807, 2.05) is 13.8 Å². The quantitative estimate of drug-likeness (QED) is 0.578. The summed E-state index contributed by atoms with van der Waals surface area (Å²) < 4.78 is 26.5. The Kier molecular flexibility index (Phi) is 5.15. The minimum absolute atomic E-state index is 0.114. The van der Waals surface area contributed by atoms with E-state index in [9.17, 15) is 8.78 Å². The molecular weight excluding hydrogens is 294 g/mol. The lowest BCUT2D eigenvalue weighted by atomic mass is 9.82. The number of hydrogen-bond acceptors (Lipinski definition) is 2. The van der Waals surface area contributed by atoms with E-state index in [-0.39, 0.29) is 21.8 Å². The van der Waals surface area contributed by atoms with Gasteiger partial charge in [0.2, 0.25) is 0 Å². The van der Waals surface area contributed by atoms with E-state index in [0.29, 0.717) is 0 Å². The average Bonchev–Trinajstić information content (AvgIpc) is 2.20. The third-order valence-electron chi connectivity index (χ3n) is 2.70. The predicted octanol–water partition coefficient (Wildman–Crippen LogP) is 4.17. The van der Waals surface area contributed by atoms with Crippen LogP contribution < -0.4 is 10.6 Å². The highest BCUT2D eigenvalue weighted by atomic mass is 32.1. The van der Waals surface area contributed by atoms with Gasteiger partial charge in [-0.1, -0.05) is 20.8 Å². The van der Waals surface area contributed by atoms with Gasteiger partial charge in [0.1, 0.15) is 0 Å². The normalized spacial score (nSPS) is 12.1. The fourth-order valence-corrected chi connectivity index (χ4v) is 2.87. The molecule has 0 radical (unpaired) electrons. The number of phenolic OH excluding ortho intramolecular Hbond substituents is 1. The molecular formula is C15H22F2N2OS. The molecule has 118 valence electrons. The van der Waals surface area contributed by atoms with Gasteiger partial charge in [0.25, 0.3) is 0 Å². The van der Waals surface area contributed by atoms with Gasteiger partial charge in [-0.2, -0.15) is 0 Å². The van der Waals surface area contributed by atoms with Crippen LogP contribution in [0.15, 0.2) is 12.1 Å². The van der Waals surface area contributed by atoms with E-state index in [4.69, 9.17) is 17.3 Å². The van der Waals surface area contributed by atoms with Crippen molar-refractivity contribution in [3.8, 4) is 5.75 Å². The van der Waals surface area contributed by atoms with E-state index >= 15 is 0 Å². The first-order valence-electron chi connectivity index (χ1n) is 6.67. The van der Waals surface area contributed by atoms with Crippen molar-refractivity contribution in [2.24, 2.45) is 5.41 Å². The highest BCUT2D eigenvalue weighted by Gasteiger charge is 2.26. The van der Waals surface area contributed by atoms with Crippen molar-refractivity contribution in [3.63, 3.8) is 0 Å². The number of hydrogen-bond donors (Lipinski definition) is 3. The van der Waals surface area contributed by atoms with E-state index in [1.165, 1.54) is 0 Å². The first kappa shape index (κ1) is 17.6. The van der Waals surface area contributed by atoms with Gasteiger partial charge in [-0.15, -0.1) is 0 Å². The highest BCUT2D eigenvalue weighted by Crippen LogP contribution is 2.27. The Hall–Kier alpha value is -1.43. The monoisotopic (exact) mass is 316 g/mol. The molecule has 0 spiro atoms. The summed E-state index contributed by atoms with van der Waals surface area (Å²) in [4.78, 5) is 0. The van der Waals surface area contributed by atoms with Crippen LogP contribution in [-0.2, 0) is 0 Å². The molecule has 3 N–H and O–H groups in total. The third-order valence-corrected chi connectivity index (χ3v) is 2.90. The molecule has 1 aromatic rings. The number of phenols is 1. The van der Waals surface area contributed by atoms with Gasteiger partial charge in [0.15, 0.2) is 22.5 Å². The Morgan fingerprint density at radius 1 is 1.14 bits per heavy atom. The number of benzene rings is 1. The maximum atomic E-state index is 13.3. The summed E-state index contributed by atoms with van der Waals surface area (Å²) in [6.45, 7) is 10.4. The highest BCUT2D eigenvalue weighted by molar-refractivity contribution is 7.80. The second-order valence-electron chi connectivity index (χ2n) is 6.99. The lowest BCUT2D eigenvalue weighted by Gasteiger charge is -2.34. The molecule has 0 saturated heterocycles. The van der Waals surface area contributed by atoms with Crippen molar-refractivity contribution >= 4 is 23.0 Å². The molecule has 0 atom stereocenters. The first-order valence-corrected chi connectivity index (χ1v) is 7.08. The van der Waals surface area contributed by atoms with Crippen LogP contribution in [0.25, 0.3) is 0 Å². The van der Waals surface area contributed by atoms with Crippen LogP contribution in [0.5, 0.6) is 5.75 Å². The lowest BCUT2D eigenvalue weighted by molar-refractivity contribution is 0.268. The molecule has 0 heterocycles. The summed E-state index contributed by atoms with van der Waals surface area (Å²) >= 11 is 5.16. The number of rotatable bonds is 3. The Bertz CT molecular complexity index is 516. The third kappa shape index (κ3) is 5.83. The molecule has 0 unspecified atom stereocenters. The van der Waals surface area contributed by atoms with Crippen molar-refractivity contribution in [3.05, 3.63) is 23.8 Å². The van der Waals surface area contributed by atoms with Crippen molar-refractivity contribution in [1.29, 1.82) is 0 Å². The van der Waals surface area contributed by atoms with Crippen molar-refractivity contribution < 1.29 is 13.9 Å². The lowest BCUT2D eigenvalue weighted by Crippen LogP contribution is -2.47. The maximum absolute atomic E-state index is 13.3. The Morgan fingerprint density at radius 2 is 1.62 bits per heavy atom. The molecule has 0 aliphatic rings. The molecule has 21 heavy (non-hydrogen) atoms. The molecule has 1 rings (SSSR count). The molecule has 1 aromatic carbocycles. The Balaban J connectivity index is 2.74. The Morgan fingerprint density at radius 3 is 2.05 bits per heavy atom. The van der Waals surface area contributed by atoms with Gasteiger partial charge in [-0.3, -0.25) is 0 Å². The minimum Gasteiger partial charge on any atom is -0.503 e. The van der Waals surface area contributed by atoms with Crippen molar-refractivity contribution in [1.82, 2.24) is 5.32 Å². The van der Waals surface area contributed by atoms with Gasteiger partial charge in [-0.05, 0) is 37.9 Å². The second-order valence-corrected chi connectivity index (χ2v) is 7.40. The predicted molar refractivity (Wildman–Crippen MR) is 85.5 cm³/mol. The summed E-state index contributed by atoms with van der Waals surface area (Å²) in [5.41, 5.74) is -0.00832. The fourth-order valence-electron chi connectivity index (χ4n) is 2.48. The summed E-state index contributed by atoms with van der Waals surface area (Å²) in [6.07, 6.45) is 0.861. The van der Waals surface area contributed by atoms with Crippen LogP contribution in [0.3, 0.4) is 0 Å². The van der Waals surface area contributed by atoms with Gasteiger partial charge in [0.05, 0.1) is 0 Å². The van der Waals surface area contributed by atoms with Crippen molar-refractivity contribution in [2.45, 2.75) is 46.6 Å². The van der Waals surface area contributed by atoms with Crippen LogP contribution >= 0.6 is 12.2 Å². The summed E-state index contributed by atoms with van der Waals surface area (Å²) in [5.74, 6) is -3.06. The summed E-state index contributed by atoms with van der Waals surface area (Å²) in [7, 11) is 0. The van der Waals surface area contributed by atoms with Crippen LogP contribution in [0.2, 0.25) is 0 Å². The molecule has 6 heteroatoms. The summed E-state index contributed by atoms with van der Waals surface area (Å²) in [5, 5.41) is 15.2. The van der Waals surface area contributed by atoms with E-state index < -0.39 is 17.4 Å². The fraction of sp³-hybridized carbons (Fsp3) is 0.533. The van der Waals surface area contributed by atoms with Crippen molar-refractivity contribution in [2.75, 3.05) is 5.32 Å². The van der Waals surface area contributed by atoms with E-state index in [0.717, 1.165) is 18.6 Å². The number of aromatic hydroxyl groups is 1. The molecule has 0 aromatic heterocycles. The molecule has 0 amide bonds. The van der Waals surface area contributed by atoms with Crippen LogP contribution in [0.1, 0.15) is 41.0 Å². The van der Waals surface area contributed by atoms with Crippen LogP contribution in [0.4, 0.5) is 14.5 Å².